The van der Waals surface area contributed by atoms with Crippen LogP contribution in [0, 0.1) is 5.82 Å². The van der Waals surface area contributed by atoms with Crippen LogP contribution in [-0.2, 0) is 9.53 Å². The molecule has 3 rings (SSSR count). The first-order valence-corrected chi connectivity index (χ1v) is 8.33. The minimum atomic E-state index is -0.341. The van der Waals surface area contributed by atoms with Gasteiger partial charge in [-0.15, -0.1) is 0 Å². The molecule has 1 atom stereocenters. The largest absolute Gasteiger partial charge is 0.378 e. The first kappa shape index (κ1) is 16.7. The zero-order valence-electron chi connectivity index (χ0n) is 13.5. The summed E-state index contributed by atoms with van der Waals surface area (Å²) in [6.07, 6.45) is 2.46. The molecule has 130 valence electrons. The Morgan fingerprint density at radius 2 is 1.79 bits per heavy atom. The van der Waals surface area contributed by atoms with Crippen LogP contribution in [0.5, 0.6) is 0 Å². The molecule has 6 nitrogen and oxygen atoms in total. The quantitative estimate of drug-likeness (QED) is 0.920. The Morgan fingerprint density at radius 3 is 2.42 bits per heavy atom. The van der Waals surface area contributed by atoms with E-state index in [0.29, 0.717) is 38.3 Å². The predicted octanol–water partition coefficient (Wildman–Crippen LogP) is 2.07. The highest BCUT2D eigenvalue weighted by Crippen LogP contribution is 2.17. The van der Waals surface area contributed by atoms with Gasteiger partial charge in [0.1, 0.15) is 5.82 Å². The third kappa shape index (κ3) is 4.23. The molecule has 1 N–H and O–H groups in total. The van der Waals surface area contributed by atoms with Crippen LogP contribution in [0.4, 0.5) is 14.9 Å². The fourth-order valence-corrected chi connectivity index (χ4v) is 3.02. The Balaban J connectivity index is 1.44. The second kappa shape index (κ2) is 7.61. The summed E-state index contributed by atoms with van der Waals surface area (Å²) in [4.78, 5) is 27.9. The van der Waals surface area contributed by atoms with Crippen molar-refractivity contribution in [3.8, 4) is 0 Å². The van der Waals surface area contributed by atoms with E-state index in [0.717, 1.165) is 19.4 Å². The summed E-state index contributed by atoms with van der Waals surface area (Å²) in [5.74, 6) is -0.244. The van der Waals surface area contributed by atoms with E-state index < -0.39 is 0 Å². The van der Waals surface area contributed by atoms with Crippen molar-refractivity contribution in [2.24, 2.45) is 0 Å². The van der Waals surface area contributed by atoms with Gasteiger partial charge >= 0.3 is 6.03 Å². The van der Waals surface area contributed by atoms with Crippen molar-refractivity contribution in [1.29, 1.82) is 0 Å². The van der Waals surface area contributed by atoms with Gasteiger partial charge in [0.15, 0.2) is 0 Å². The number of carbonyl (C=O) groups excluding carboxylic acids is 2. The molecule has 1 aromatic carbocycles. The van der Waals surface area contributed by atoms with Gasteiger partial charge in [-0.2, -0.15) is 0 Å². The first-order chi connectivity index (χ1) is 11.6. The van der Waals surface area contributed by atoms with Crippen LogP contribution >= 0.6 is 0 Å². The van der Waals surface area contributed by atoms with Gasteiger partial charge in [0.25, 0.3) is 0 Å². The van der Waals surface area contributed by atoms with Crippen LogP contribution in [0.2, 0.25) is 0 Å². The van der Waals surface area contributed by atoms with E-state index in [4.69, 9.17) is 4.74 Å². The monoisotopic (exact) mass is 335 g/mol. The number of anilines is 1. The molecular weight excluding hydrogens is 313 g/mol. The molecule has 24 heavy (non-hydrogen) atoms. The van der Waals surface area contributed by atoms with Gasteiger partial charge in [-0.3, -0.25) is 4.79 Å². The number of rotatable bonds is 3. The van der Waals surface area contributed by atoms with Crippen molar-refractivity contribution in [2.75, 3.05) is 38.1 Å². The smallest absolute Gasteiger partial charge is 0.321 e. The van der Waals surface area contributed by atoms with Crippen LogP contribution in [0.3, 0.4) is 0 Å². The lowest BCUT2D eigenvalue weighted by Gasteiger charge is -2.35. The van der Waals surface area contributed by atoms with Crippen molar-refractivity contribution >= 4 is 17.6 Å². The Hall–Kier alpha value is -2.15. The number of nitrogens with zero attached hydrogens (tertiary/aromatic N) is 2. The van der Waals surface area contributed by atoms with E-state index in [1.807, 2.05) is 0 Å². The van der Waals surface area contributed by atoms with Crippen molar-refractivity contribution < 1.29 is 18.7 Å². The summed E-state index contributed by atoms with van der Waals surface area (Å²) in [7, 11) is 0. The Kier molecular flexibility index (Phi) is 5.30. The topological polar surface area (TPSA) is 61.9 Å². The Bertz CT molecular complexity index is 579. The van der Waals surface area contributed by atoms with E-state index in [1.54, 1.807) is 9.80 Å². The molecule has 1 aromatic rings. The summed E-state index contributed by atoms with van der Waals surface area (Å²) in [5, 5.41) is 2.74. The second-order valence-corrected chi connectivity index (χ2v) is 6.14. The van der Waals surface area contributed by atoms with Gasteiger partial charge in [0, 0.05) is 38.5 Å². The van der Waals surface area contributed by atoms with Crippen LogP contribution in [0.1, 0.15) is 19.3 Å². The molecule has 0 bridgehead atoms. The fraction of sp³-hybridized carbons (Fsp3) is 0.529. The lowest BCUT2D eigenvalue weighted by Crippen LogP contribution is -2.52. The lowest BCUT2D eigenvalue weighted by atomic mass is 10.1. The van der Waals surface area contributed by atoms with Crippen molar-refractivity contribution in [3.05, 3.63) is 30.1 Å². The molecule has 2 aliphatic rings. The number of hydrogen-bond donors (Lipinski definition) is 1. The van der Waals surface area contributed by atoms with Crippen molar-refractivity contribution in [2.45, 2.75) is 25.4 Å². The maximum absolute atomic E-state index is 12.9. The molecule has 0 unspecified atom stereocenters. The van der Waals surface area contributed by atoms with Gasteiger partial charge < -0.3 is 19.9 Å². The molecule has 0 saturated carbocycles. The number of benzene rings is 1. The molecule has 2 heterocycles. The van der Waals surface area contributed by atoms with E-state index >= 15 is 0 Å². The van der Waals surface area contributed by atoms with Crippen LogP contribution in [0.25, 0.3) is 0 Å². The van der Waals surface area contributed by atoms with Gasteiger partial charge in [-0.05, 0) is 37.1 Å². The highest BCUT2D eigenvalue weighted by atomic mass is 19.1. The number of halogens is 1. The number of amides is 3. The standard InChI is InChI=1S/C17H22FN3O3/c18-13-3-5-14(6-4-13)19-17(23)21-9-7-20(8-10-21)16(22)12-15-2-1-11-24-15/h3-6,15H,1-2,7-12H2,(H,19,23)/t15-/m1/s1. The number of nitrogens with one attached hydrogen (secondary N) is 1. The second-order valence-electron chi connectivity index (χ2n) is 6.14. The maximum Gasteiger partial charge on any atom is 0.321 e. The van der Waals surface area contributed by atoms with E-state index in [-0.39, 0.29) is 23.9 Å². The lowest BCUT2D eigenvalue weighted by molar-refractivity contribution is -0.134. The number of piperazine rings is 1. The molecule has 2 aliphatic heterocycles. The normalized spacial score (nSPS) is 21.0. The van der Waals surface area contributed by atoms with Crippen molar-refractivity contribution in [3.63, 3.8) is 0 Å². The summed E-state index contributed by atoms with van der Waals surface area (Å²) in [5.41, 5.74) is 0.554. The van der Waals surface area contributed by atoms with E-state index in [9.17, 15) is 14.0 Å². The summed E-state index contributed by atoms with van der Waals surface area (Å²) < 4.78 is 18.4. The van der Waals surface area contributed by atoms with Gasteiger partial charge in [0.2, 0.25) is 5.91 Å². The number of hydrogen-bond acceptors (Lipinski definition) is 3. The molecule has 0 aliphatic carbocycles. The number of ether oxygens (including phenoxy) is 1. The van der Waals surface area contributed by atoms with E-state index in [1.165, 1.54) is 24.3 Å². The average Bonchev–Trinajstić information content (AvgIpc) is 3.10. The summed E-state index contributed by atoms with van der Waals surface area (Å²) >= 11 is 0. The van der Waals surface area contributed by atoms with E-state index in [2.05, 4.69) is 5.32 Å². The first-order valence-electron chi connectivity index (χ1n) is 8.33. The fourth-order valence-electron chi connectivity index (χ4n) is 3.02. The molecule has 7 heteroatoms. The predicted molar refractivity (Wildman–Crippen MR) is 87.2 cm³/mol. The van der Waals surface area contributed by atoms with Crippen molar-refractivity contribution in [1.82, 2.24) is 9.80 Å². The third-order valence-corrected chi connectivity index (χ3v) is 4.44. The minimum Gasteiger partial charge on any atom is -0.378 e. The summed E-state index contributed by atoms with van der Waals surface area (Å²) in [6, 6.07) is 5.42. The molecule has 2 fully saturated rings. The van der Waals surface area contributed by atoms with Gasteiger partial charge in [-0.25, -0.2) is 9.18 Å². The molecule has 0 spiro atoms. The van der Waals surface area contributed by atoms with Crippen LogP contribution in [-0.4, -0.2) is 60.6 Å². The zero-order chi connectivity index (χ0) is 16.9. The number of urea groups is 1. The molecule has 3 amide bonds. The summed E-state index contributed by atoms with van der Waals surface area (Å²) in [6.45, 7) is 2.79. The Morgan fingerprint density at radius 1 is 1.12 bits per heavy atom. The SMILES string of the molecule is O=C(C[C@H]1CCCO1)N1CCN(C(=O)Nc2ccc(F)cc2)CC1. The zero-order valence-corrected chi connectivity index (χ0v) is 13.5. The van der Waals surface area contributed by atoms with Crippen LogP contribution in [0.15, 0.2) is 24.3 Å². The minimum absolute atomic E-state index is 0.0531. The van der Waals surface area contributed by atoms with Gasteiger partial charge in [-0.1, -0.05) is 0 Å². The van der Waals surface area contributed by atoms with Crippen LogP contribution < -0.4 is 5.32 Å². The molecule has 0 aromatic heterocycles. The maximum atomic E-state index is 12.9. The Labute approximate surface area is 140 Å². The average molecular weight is 335 g/mol. The third-order valence-electron chi connectivity index (χ3n) is 4.44. The highest BCUT2D eigenvalue weighted by Gasteiger charge is 2.27. The molecule has 0 radical (unpaired) electrons. The highest BCUT2D eigenvalue weighted by molar-refractivity contribution is 5.89. The molecule has 2 saturated heterocycles. The van der Waals surface area contributed by atoms with Gasteiger partial charge in [0.05, 0.1) is 12.5 Å². The molecular formula is C17H22FN3O3. The number of carbonyl (C=O) groups is 2.